The Labute approximate surface area is 202 Å². The molecule has 4 amide bonds. The summed E-state index contributed by atoms with van der Waals surface area (Å²) in [5.41, 5.74) is -0.575. The van der Waals surface area contributed by atoms with Crippen molar-refractivity contribution in [2.45, 2.75) is 45.1 Å². The Balaban J connectivity index is 1.65. The maximum Gasteiger partial charge on any atom is 0.325 e. The molecule has 1 atom stereocenters. The fourth-order valence-electron chi connectivity index (χ4n) is 4.37. The molecule has 3 rings (SSSR count). The lowest BCUT2D eigenvalue weighted by molar-refractivity contribution is -0.139. The number of unbranched alkanes of at least 4 members (excludes halogenated alkanes) is 3. The van der Waals surface area contributed by atoms with Crippen molar-refractivity contribution in [3.63, 3.8) is 0 Å². The van der Waals surface area contributed by atoms with Crippen LogP contribution in [0.25, 0.3) is 0 Å². The minimum absolute atomic E-state index is 0.202. The third kappa shape index (κ3) is 6.27. The van der Waals surface area contributed by atoms with Crippen LogP contribution in [0.4, 0.5) is 4.79 Å². The fourth-order valence-corrected chi connectivity index (χ4v) is 4.37. The Bertz CT molecular complexity index is 840. The van der Waals surface area contributed by atoms with Gasteiger partial charge in [-0.15, -0.1) is 0 Å². The number of benzene rings is 1. The van der Waals surface area contributed by atoms with Crippen LogP contribution in [-0.2, 0) is 19.9 Å². The minimum Gasteiger partial charge on any atom is -0.497 e. The van der Waals surface area contributed by atoms with Gasteiger partial charge in [-0.3, -0.25) is 19.4 Å². The van der Waals surface area contributed by atoms with Gasteiger partial charge in [-0.05, 0) is 31.0 Å². The van der Waals surface area contributed by atoms with Crippen LogP contribution in [0.3, 0.4) is 0 Å². The SMILES string of the molecule is CCCCCCN(CCN1CCOCC1)C(=O)CN1C(=O)NC(C)(c2ccc(OC)cc2)C1=O. The van der Waals surface area contributed by atoms with Crippen molar-refractivity contribution in [3.05, 3.63) is 29.8 Å². The van der Waals surface area contributed by atoms with E-state index in [0.29, 0.717) is 37.6 Å². The molecule has 0 aliphatic carbocycles. The normalized spacial score (nSPS) is 21.0. The van der Waals surface area contributed by atoms with Crippen molar-refractivity contribution in [1.29, 1.82) is 0 Å². The fraction of sp³-hybridized carbons (Fsp3) is 0.640. The van der Waals surface area contributed by atoms with Gasteiger partial charge in [-0.1, -0.05) is 38.3 Å². The molecular weight excluding hydrogens is 436 g/mol. The van der Waals surface area contributed by atoms with Crippen LogP contribution in [0.2, 0.25) is 0 Å². The van der Waals surface area contributed by atoms with Gasteiger partial charge in [0, 0.05) is 32.7 Å². The predicted molar refractivity (Wildman–Crippen MR) is 129 cm³/mol. The molecule has 2 fully saturated rings. The number of hydrogen-bond donors (Lipinski definition) is 1. The van der Waals surface area contributed by atoms with E-state index < -0.39 is 17.5 Å². The standard InChI is InChI=1S/C25H38N4O5/c1-4-5-6-7-12-28(14-13-27-15-17-34-18-16-27)22(30)19-29-23(31)25(2,26-24(29)32)20-8-10-21(33-3)11-9-20/h8-11H,4-7,12-19H2,1-3H3,(H,26,32). The maximum atomic E-state index is 13.3. The molecule has 1 N–H and O–H groups in total. The Morgan fingerprint density at radius 1 is 1.12 bits per heavy atom. The number of urea groups is 1. The Morgan fingerprint density at radius 2 is 1.82 bits per heavy atom. The summed E-state index contributed by atoms with van der Waals surface area (Å²) in [6, 6.07) is 6.46. The van der Waals surface area contributed by atoms with Gasteiger partial charge in [0.25, 0.3) is 5.91 Å². The average molecular weight is 475 g/mol. The maximum absolute atomic E-state index is 13.3. The van der Waals surface area contributed by atoms with E-state index in [1.165, 1.54) is 0 Å². The largest absolute Gasteiger partial charge is 0.497 e. The molecule has 0 bridgehead atoms. The Hall–Kier alpha value is -2.65. The number of morpholine rings is 1. The van der Waals surface area contributed by atoms with Crippen molar-refractivity contribution in [3.8, 4) is 5.75 Å². The molecule has 9 heteroatoms. The third-order valence-corrected chi connectivity index (χ3v) is 6.66. The van der Waals surface area contributed by atoms with E-state index in [0.717, 1.165) is 50.2 Å². The summed E-state index contributed by atoms with van der Waals surface area (Å²) in [6.07, 6.45) is 4.20. The molecule has 2 aliphatic heterocycles. The quantitative estimate of drug-likeness (QED) is 0.369. The van der Waals surface area contributed by atoms with Gasteiger partial charge < -0.3 is 19.7 Å². The summed E-state index contributed by atoms with van der Waals surface area (Å²) in [6.45, 7) is 8.63. The number of imide groups is 1. The van der Waals surface area contributed by atoms with E-state index >= 15 is 0 Å². The number of carbonyl (C=O) groups is 3. The van der Waals surface area contributed by atoms with Crippen LogP contribution in [0.5, 0.6) is 5.75 Å². The van der Waals surface area contributed by atoms with Crippen LogP contribution < -0.4 is 10.1 Å². The monoisotopic (exact) mass is 474 g/mol. The molecule has 0 spiro atoms. The Morgan fingerprint density at radius 3 is 2.47 bits per heavy atom. The second kappa shape index (κ2) is 12.2. The Kier molecular flexibility index (Phi) is 9.29. The first-order valence-corrected chi connectivity index (χ1v) is 12.3. The summed E-state index contributed by atoms with van der Waals surface area (Å²) >= 11 is 0. The highest BCUT2D eigenvalue weighted by Crippen LogP contribution is 2.30. The molecule has 34 heavy (non-hydrogen) atoms. The highest BCUT2D eigenvalue weighted by atomic mass is 16.5. The van der Waals surface area contributed by atoms with Crippen molar-refractivity contribution < 1.29 is 23.9 Å². The molecule has 188 valence electrons. The predicted octanol–water partition coefficient (Wildman–Crippen LogP) is 2.20. The first-order valence-electron chi connectivity index (χ1n) is 12.3. The first-order chi connectivity index (χ1) is 16.4. The highest BCUT2D eigenvalue weighted by molar-refractivity contribution is 6.09. The van der Waals surface area contributed by atoms with E-state index in [2.05, 4.69) is 17.1 Å². The summed E-state index contributed by atoms with van der Waals surface area (Å²) in [5, 5.41) is 2.78. The smallest absolute Gasteiger partial charge is 0.325 e. The highest BCUT2D eigenvalue weighted by Gasteiger charge is 2.49. The summed E-state index contributed by atoms with van der Waals surface area (Å²) < 4.78 is 10.6. The van der Waals surface area contributed by atoms with Crippen LogP contribution >= 0.6 is 0 Å². The topological polar surface area (TPSA) is 91.4 Å². The molecule has 9 nitrogen and oxygen atoms in total. The number of nitrogens with one attached hydrogen (secondary N) is 1. The first kappa shape index (κ1) is 26.0. The molecule has 0 saturated carbocycles. The van der Waals surface area contributed by atoms with E-state index in [4.69, 9.17) is 9.47 Å². The van der Waals surface area contributed by atoms with Gasteiger partial charge in [0.1, 0.15) is 17.8 Å². The summed E-state index contributed by atoms with van der Waals surface area (Å²) in [4.78, 5) is 44.4. The van der Waals surface area contributed by atoms with Crippen LogP contribution in [0, 0.1) is 0 Å². The molecule has 1 aromatic rings. The van der Waals surface area contributed by atoms with Gasteiger partial charge in [0.15, 0.2) is 0 Å². The number of carbonyl (C=O) groups excluding carboxylic acids is 3. The number of nitrogens with zero attached hydrogens (tertiary/aromatic N) is 3. The summed E-state index contributed by atoms with van der Waals surface area (Å²) in [7, 11) is 1.57. The van der Waals surface area contributed by atoms with E-state index in [-0.39, 0.29) is 12.5 Å². The molecule has 0 radical (unpaired) electrons. The van der Waals surface area contributed by atoms with Crippen LogP contribution in [0.1, 0.15) is 45.1 Å². The minimum atomic E-state index is -1.22. The van der Waals surface area contributed by atoms with Crippen molar-refractivity contribution >= 4 is 17.8 Å². The molecule has 2 heterocycles. The third-order valence-electron chi connectivity index (χ3n) is 6.66. The second-order valence-corrected chi connectivity index (χ2v) is 9.07. The zero-order valence-electron chi connectivity index (χ0n) is 20.7. The van der Waals surface area contributed by atoms with Crippen molar-refractivity contribution in [1.82, 2.24) is 20.0 Å². The van der Waals surface area contributed by atoms with Gasteiger partial charge >= 0.3 is 6.03 Å². The molecule has 2 aliphatic rings. The lowest BCUT2D eigenvalue weighted by Gasteiger charge is -2.31. The molecular formula is C25H38N4O5. The van der Waals surface area contributed by atoms with Crippen LogP contribution in [0.15, 0.2) is 24.3 Å². The molecule has 0 aromatic heterocycles. The van der Waals surface area contributed by atoms with E-state index in [9.17, 15) is 14.4 Å². The zero-order chi connectivity index (χ0) is 24.6. The van der Waals surface area contributed by atoms with Crippen molar-refractivity contribution in [2.24, 2.45) is 0 Å². The average Bonchev–Trinajstić information content (AvgIpc) is 3.07. The van der Waals surface area contributed by atoms with E-state index in [1.807, 2.05) is 0 Å². The number of ether oxygens (including phenoxy) is 2. The summed E-state index contributed by atoms with van der Waals surface area (Å²) in [5.74, 6) is 0.0394. The van der Waals surface area contributed by atoms with Crippen molar-refractivity contribution in [2.75, 3.05) is 59.6 Å². The molecule has 1 unspecified atom stereocenters. The van der Waals surface area contributed by atoms with Crippen LogP contribution in [-0.4, -0.2) is 92.1 Å². The lowest BCUT2D eigenvalue weighted by Crippen LogP contribution is -2.47. The van der Waals surface area contributed by atoms with Gasteiger partial charge in [-0.2, -0.15) is 0 Å². The van der Waals surface area contributed by atoms with E-state index in [1.54, 1.807) is 43.2 Å². The van der Waals surface area contributed by atoms with Gasteiger partial charge in [-0.25, -0.2) is 4.79 Å². The number of rotatable bonds is 12. The molecule has 1 aromatic carbocycles. The second-order valence-electron chi connectivity index (χ2n) is 9.07. The number of methoxy groups -OCH3 is 1. The van der Waals surface area contributed by atoms with Gasteiger partial charge in [0.05, 0.1) is 20.3 Å². The number of hydrogen-bond acceptors (Lipinski definition) is 6. The van der Waals surface area contributed by atoms with Gasteiger partial charge in [0.2, 0.25) is 5.91 Å². The zero-order valence-corrected chi connectivity index (χ0v) is 20.7. The molecule has 2 saturated heterocycles. The number of amides is 4. The lowest BCUT2D eigenvalue weighted by atomic mass is 9.92.